The molecular formula is C14H15ClFN3O. The number of nitrogens with zero attached hydrogens (tertiary/aromatic N) is 3. The molecule has 0 spiro atoms. The van der Waals surface area contributed by atoms with E-state index in [1.54, 1.807) is 25.3 Å². The SMILES string of the molecule is COCc1nc(Cl)cc(N(C)Cc2ccc(F)cc2)n1. The largest absolute Gasteiger partial charge is 0.377 e. The summed E-state index contributed by atoms with van der Waals surface area (Å²) < 4.78 is 17.9. The summed E-state index contributed by atoms with van der Waals surface area (Å²) in [7, 11) is 3.46. The highest BCUT2D eigenvalue weighted by molar-refractivity contribution is 6.29. The van der Waals surface area contributed by atoms with Crippen LogP contribution in [0.25, 0.3) is 0 Å². The zero-order valence-electron chi connectivity index (χ0n) is 11.3. The lowest BCUT2D eigenvalue weighted by Gasteiger charge is -2.19. The van der Waals surface area contributed by atoms with Crippen LogP contribution in [0.2, 0.25) is 5.15 Å². The van der Waals surface area contributed by atoms with Crippen LogP contribution in [0.3, 0.4) is 0 Å². The van der Waals surface area contributed by atoms with E-state index in [4.69, 9.17) is 16.3 Å². The topological polar surface area (TPSA) is 38.2 Å². The number of hydrogen-bond donors (Lipinski definition) is 0. The summed E-state index contributed by atoms with van der Waals surface area (Å²) >= 11 is 5.97. The zero-order valence-corrected chi connectivity index (χ0v) is 12.1. The molecule has 20 heavy (non-hydrogen) atoms. The van der Waals surface area contributed by atoms with Crippen molar-refractivity contribution in [2.24, 2.45) is 0 Å². The average molecular weight is 296 g/mol. The number of ether oxygens (including phenoxy) is 1. The Morgan fingerprint density at radius 2 is 1.95 bits per heavy atom. The molecule has 1 heterocycles. The molecule has 0 unspecified atom stereocenters. The Balaban J connectivity index is 2.15. The minimum Gasteiger partial charge on any atom is -0.377 e. The summed E-state index contributed by atoms with van der Waals surface area (Å²) in [6, 6.07) is 8.04. The number of halogens is 2. The highest BCUT2D eigenvalue weighted by Crippen LogP contribution is 2.17. The molecule has 0 radical (unpaired) electrons. The van der Waals surface area contributed by atoms with Crippen LogP contribution in [0.1, 0.15) is 11.4 Å². The molecule has 0 atom stereocenters. The summed E-state index contributed by atoms with van der Waals surface area (Å²) in [4.78, 5) is 10.4. The van der Waals surface area contributed by atoms with Crippen molar-refractivity contribution in [2.75, 3.05) is 19.1 Å². The molecule has 0 saturated heterocycles. The summed E-state index contributed by atoms with van der Waals surface area (Å²) in [5.74, 6) is 0.978. The first-order valence-electron chi connectivity index (χ1n) is 6.06. The van der Waals surface area contributed by atoms with Gasteiger partial charge >= 0.3 is 0 Å². The molecule has 1 aromatic carbocycles. The van der Waals surface area contributed by atoms with E-state index in [-0.39, 0.29) is 5.82 Å². The van der Waals surface area contributed by atoms with Crippen LogP contribution in [0.15, 0.2) is 30.3 Å². The fourth-order valence-electron chi connectivity index (χ4n) is 1.79. The molecule has 0 fully saturated rings. The van der Waals surface area contributed by atoms with Gasteiger partial charge in [0, 0.05) is 26.8 Å². The molecule has 1 aromatic heterocycles. The van der Waals surface area contributed by atoms with Crippen LogP contribution in [0.5, 0.6) is 0 Å². The maximum atomic E-state index is 12.9. The number of aromatic nitrogens is 2. The van der Waals surface area contributed by atoms with Gasteiger partial charge in [-0.25, -0.2) is 14.4 Å². The third kappa shape index (κ3) is 3.88. The van der Waals surface area contributed by atoms with Crippen molar-refractivity contribution in [1.29, 1.82) is 0 Å². The minimum atomic E-state index is -0.246. The lowest BCUT2D eigenvalue weighted by Crippen LogP contribution is -2.18. The second kappa shape index (κ2) is 6.63. The Labute approximate surface area is 122 Å². The van der Waals surface area contributed by atoms with Crippen molar-refractivity contribution in [3.63, 3.8) is 0 Å². The standard InChI is InChI=1S/C14H15ClFN3O/c1-19(8-10-3-5-11(16)6-4-10)14-7-12(15)17-13(18-14)9-20-2/h3-7H,8-9H2,1-2H3. The monoisotopic (exact) mass is 295 g/mol. The van der Waals surface area contributed by atoms with Crippen LogP contribution in [-0.2, 0) is 17.9 Å². The lowest BCUT2D eigenvalue weighted by molar-refractivity contribution is 0.178. The Hall–Kier alpha value is -1.72. The normalized spacial score (nSPS) is 10.6. The summed E-state index contributed by atoms with van der Waals surface area (Å²) in [5, 5.41) is 0.369. The minimum absolute atomic E-state index is 0.246. The van der Waals surface area contributed by atoms with E-state index in [2.05, 4.69) is 9.97 Å². The molecular weight excluding hydrogens is 281 g/mol. The molecule has 0 aliphatic carbocycles. The number of anilines is 1. The van der Waals surface area contributed by atoms with E-state index in [0.717, 1.165) is 5.56 Å². The van der Waals surface area contributed by atoms with E-state index >= 15 is 0 Å². The molecule has 2 rings (SSSR count). The first kappa shape index (κ1) is 14.7. The number of methoxy groups -OCH3 is 1. The first-order chi connectivity index (χ1) is 9.58. The molecule has 2 aromatic rings. The van der Waals surface area contributed by atoms with Gasteiger partial charge in [-0.3, -0.25) is 0 Å². The fraction of sp³-hybridized carbons (Fsp3) is 0.286. The van der Waals surface area contributed by atoms with E-state index in [1.165, 1.54) is 12.1 Å². The molecule has 0 saturated carbocycles. The van der Waals surface area contributed by atoms with Gasteiger partial charge in [-0.2, -0.15) is 0 Å². The zero-order chi connectivity index (χ0) is 14.5. The second-order valence-corrected chi connectivity index (χ2v) is 4.77. The third-order valence-corrected chi connectivity index (χ3v) is 2.92. The Morgan fingerprint density at radius 3 is 2.60 bits per heavy atom. The highest BCUT2D eigenvalue weighted by Gasteiger charge is 2.08. The van der Waals surface area contributed by atoms with Crippen LogP contribution in [-0.4, -0.2) is 24.1 Å². The molecule has 0 amide bonds. The van der Waals surface area contributed by atoms with E-state index in [1.807, 2.05) is 11.9 Å². The molecule has 4 nitrogen and oxygen atoms in total. The maximum absolute atomic E-state index is 12.9. The molecule has 0 aliphatic rings. The molecule has 106 valence electrons. The van der Waals surface area contributed by atoms with Crippen molar-refractivity contribution >= 4 is 17.4 Å². The van der Waals surface area contributed by atoms with Gasteiger partial charge in [0.15, 0.2) is 5.82 Å². The van der Waals surface area contributed by atoms with Crippen molar-refractivity contribution in [2.45, 2.75) is 13.2 Å². The molecule has 0 bridgehead atoms. The van der Waals surface area contributed by atoms with Gasteiger partial charge in [-0.05, 0) is 17.7 Å². The average Bonchev–Trinajstić information content (AvgIpc) is 2.41. The van der Waals surface area contributed by atoms with Crippen molar-refractivity contribution in [3.05, 3.63) is 52.7 Å². The Morgan fingerprint density at radius 1 is 1.25 bits per heavy atom. The van der Waals surface area contributed by atoms with Gasteiger partial charge in [0.2, 0.25) is 0 Å². The number of benzene rings is 1. The predicted molar refractivity (Wildman–Crippen MR) is 76.3 cm³/mol. The smallest absolute Gasteiger partial charge is 0.158 e. The maximum Gasteiger partial charge on any atom is 0.158 e. The van der Waals surface area contributed by atoms with Crippen LogP contribution < -0.4 is 4.90 Å². The Bertz CT molecular complexity index is 577. The Kier molecular flexibility index (Phi) is 4.87. The summed E-state index contributed by atoms with van der Waals surface area (Å²) in [6.45, 7) is 0.901. The van der Waals surface area contributed by atoms with Crippen LogP contribution in [0, 0.1) is 5.82 Å². The fourth-order valence-corrected chi connectivity index (χ4v) is 1.98. The predicted octanol–water partition coefficient (Wildman–Crippen LogP) is 3.05. The number of rotatable bonds is 5. The van der Waals surface area contributed by atoms with Gasteiger partial charge in [-0.1, -0.05) is 23.7 Å². The quantitative estimate of drug-likeness (QED) is 0.795. The van der Waals surface area contributed by atoms with Crippen LogP contribution >= 0.6 is 11.6 Å². The van der Waals surface area contributed by atoms with Gasteiger partial charge in [0.1, 0.15) is 23.4 Å². The number of hydrogen-bond acceptors (Lipinski definition) is 4. The van der Waals surface area contributed by atoms with Crippen molar-refractivity contribution in [1.82, 2.24) is 9.97 Å². The lowest BCUT2D eigenvalue weighted by atomic mass is 10.2. The molecule has 0 aliphatic heterocycles. The highest BCUT2D eigenvalue weighted by atomic mass is 35.5. The first-order valence-corrected chi connectivity index (χ1v) is 6.44. The van der Waals surface area contributed by atoms with Crippen LogP contribution in [0.4, 0.5) is 10.2 Å². The van der Waals surface area contributed by atoms with E-state index in [9.17, 15) is 4.39 Å². The third-order valence-electron chi connectivity index (χ3n) is 2.73. The summed E-state index contributed by atoms with van der Waals surface area (Å²) in [6.07, 6.45) is 0. The van der Waals surface area contributed by atoms with Gasteiger partial charge in [0.05, 0.1) is 0 Å². The molecule has 0 N–H and O–H groups in total. The second-order valence-electron chi connectivity index (χ2n) is 4.38. The van der Waals surface area contributed by atoms with Gasteiger partial charge < -0.3 is 9.64 Å². The molecule has 6 heteroatoms. The van der Waals surface area contributed by atoms with Gasteiger partial charge in [0.25, 0.3) is 0 Å². The van der Waals surface area contributed by atoms with Crippen molar-refractivity contribution < 1.29 is 9.13 Å². The van der Waals surface area contributed by atoms with E-state index in [0.29, 0.717) is 29.9 Å². The van der Waals surface area contributed by atoms with Gasteiger partial charge in [-0.15, -0.1) is 0 Å². The van der Waals surface area contributed by atoms with Crippen molar-refractivity contribution in [3.8, 4) is 0 Å². The van der Waals surface area contributed by atoms with E-state index < -0.39 is 0 Å². The summed E-state index contributed by atoms with van der Waals surface area (Å²) in [5.41, 5.74) is 0.983.